The minimum absolute atomic E-state index is 0.128. The van der Waals surface area contributed by atoms with Gasteiger partial charge in [-0.2, -0.15) is 4.31 Å². The van der Waals surface area contributed by atoms with Gasteiger partial charge in [0.15, 0.2) is 0 Å². The van der Waals surface area contributed by atoms with Crippen LogP contribution in [0.4, 0.5) is 0 Å². The summed E-state index contributed by atoms with van der Waals surface area (Å²) in [5.41, 5.74) is 2.57. The molecule has 2 N–H and O–H groups in total. The van der Waals surface area contributed by atoms with Crippen molar-refractivity contribution in [1.82, 2.24) is 19.2 Å². The van der Waals surface area contributed by atoms with E-state index in [1.54, 1.807) is 24.7 Å². The number of carbonyl (C=O) groups excluding carboxylic acids is 1. The summed E-state index contributed by atoms with van der Waals surface area (Å²) in [5, 5.41) is 13.8. The molecule has 2 atom stereocenters. The van der Waals surface area contributed by atoms with Crippen molar-refractivity contribution in [3.8, 4) is 0 Å². The molecule has 8 nitrogen and oxygen atoms in total. The summed E-state index contributed by atoms with van der Waals surface area (Å²) < 4.78 is 29.5. The Kier molecular flexibility index (Phi) is 6.07. The lowest BCUT2D eigenvalue weighted by molar-refractivity contribution is 0.0628. The maximum absolute atomic E-state index is 13.3. The van der Waals surface area contributed by atoms with Crippen LogP contribution in [0.1, 0.15) is 35.1 Å². The minimum Gasteiger partial charge on any atom is -0.393 e. The van der Waals surface area contributed by atoms with Gasteiger partial charge < -0.3 is 15.0 Å². The van der Waals surface area contributed by atoms with E-state index < -0.39 is 16.1 Å². The number of aromatic nitrogens is 2. The third-order valence-electron chi connectivity index (χ3n) is 6.34. The van der Waals surface area contributed by atoms with E-state index in [4.69, 9.17) is 0 Å². The smallest absolute Gasteiger partial charge is 0.268 e. The average molecular weight is 457 g/mol. The molecule has 0 spiro atoms. The Bertz CT molecular complexity index is 1260. The molecule has 1 amide bonds. The number of nitrogens with zero attached hydrogens (tertiary/aromatic N) is 3. The fourth-order valence-electron chi connectivity index (χ4n) is 4.19. The van der Waals surface area contributed by atoms with Crippen LogP contribution in [-0.2, 0) is 23.6 Å². The number of rotatable bonds is 5. The molecule has 1 aliphatic rings. The average Bonchev–Trinajstić information content (AvgIpc) is 3.09. The van der Waals surface area contributed by atoms with Gasteiger partial charge in [-0.15, -0.1) is 0 Å². The van der Waals surface area contributed by atoms with Gasteiger partial charge in [0.05, 0.1) is 11.6 Å². The number of nitrogens with one attached hydrogen (secondary N) is 1. The fraction of sp³-hybridized carbons (Fsp3) is 0.391. The Hall–Kier alpha value is -2.75. The van der Waals surface area contributed by atoms with Crippen LogP contribution in [0.15, 0.2) is 47.5 Å². The highest BCUT2D eigenvalue weighted by atomic mass is 32.2. The van der Waals surface area contributed by atoms with Crippen LogP contribution in [0.2, 0.25) is 0 Å². The van der Waals surface area contributed by atoms with Gasteiger partial charge in [-0.1, -0.05) is 25.1 Å². The van der Waals surface area contributed by atoms with Crippen LogP contribution in [-0.4, -0.2) is 52.5 Å². The molecule has 0 radical (unpaired) electrons. The number of pyridine rings is 1. The van der Waals surface area contributed by atoms with E-state index >= 15 is 0 Å². The van der Waals surface area contributed by atoms with Crippen LogP contribution in [0.5, 0.6) is 0 Å². The summed E-state index contributed by atoms with van der Waals surface area (Å²) in [4.78, 5) is 17.4. The Morgan fingerprint density at radius 2 is 2.06 bits per heavy atom. The van der Waals surface area contributed by atoms with Crippen LogP contribution >= 0.6 is 0 Å². The van der Waals surface area contributed by atoms with Crippen molar-refractivity contribution in [2.24, 2.45) is 13.0 Å². The second-order valence-electron chi connectivity index (χ2n) is 8.40. The van der Waals surface area contributed by atoms with Crippen LogP contribution in [0, 0.1) is 12.8 Å². The number of carbonyl (C=O) groups is 1. The highest BCUT2D eigenvalue weighted by Crippen LogP contribution is 2.27. The fourth-order valence-corrected chi connectivity index (χ4v) is 6.02. The molecule has 1 saturated heterocycles. The third-order valence-corrected chi connectivity index (χ3v) is 8.32. The molecule has 0 saturated carbocycles. The molecule has 0 unspecified atom stereocenters. The van der Waals surface area contributed by atoms with E-state index in [-0.39, 0.29) is 35.5 Å². The highest BCUT2D eigenvalue weighted by molar-refractivity contribution is 7.89. The van der Waals surface area contributed by atoms with E-state index in [2.05, 4.69) is 10.3 Å². The van der Waals surface area contributed by atoms with Crippen LogP contribution < -0.4 is 5.32 Å². The molecule has 1 aliphatic heterocycles. The predicted molar refractivity (Wildman–Crippen MR) is 122 cm³/mol. The van der Waals surface area contributed by atoms with Crippen molar-refractivity contribution in [3.05, 3.63) is 59.5 Å². The number of benzene rings is 1. The normalized spacial score (nSPS) is 19.9. The van der Waals surface area contributed by atoms with E-state index in [1.807, 2.05) is 37.3 Å². The molecule has 170 valence electrons. The van der Waals surface area contributed by atoms with Crippen molar-refractivity contribution >= 4 is 26.8 Å². The summed E-state index contributed by atoms with van der Waals surface area (Å²) in [6.07, 6.45) is 1.63. The van der Waals surface area contributed by atoms with Gasteiger partial charge >= 0.3 is 0 Å². The zero-order valence-electron chi connectivity index (χ0n) is 18.4. The van der Waals surface area contributed by atoms with Crippen molar-refractivity contribution in [1.29, 1.82) is 0 Å². The first-order valence-electron chi connectivity index (χ1n) is 10.7. The van der Waals surface area contributed by atoms with Crippen LogP contribution in [0.3, 0.4) is 0 Å². The first-order valence-corrected chi connectivity index (χ1v) is 12.1. The molecular weight excluding hydrogens is 428 g/mol. The van der Waals surface area contributed by atoms with Gasteiger partial charge in [0.1, 0.15) is 10.6 Å². The van der Waals surface area contributed by atoms with Gasteiger partial charge in [-0.3, -0.25) is 9.78 Å². The molecule has 32 heavy (non-hydrogen) atoms. The second kappa shape index (κ2) is 8.65. The first kappa shape index (κ1) is 22.4. The number of hydrogen-bond donors (Lipinski definition) is 2. The molecule has 0 aliphatic carbocycles. The van der Waals surface area contributed by atoms with E-state index in [0.29, 0.717) is 18.7 Å². The van der Waals surface area contributed by atoms with E-state index in [9.17, 15) is 18.3 Å². The molecule has 0 bridgehead atoms. The Morgan fingerprint density at radius 1 is 1.28 bits per heavy atom. The lowest BCUT2D eigenvalue weighted by atomic mass is 9.99. The lowest BCUT2D eigenvalue weighted by Gasteiger charge is -2.33. The Labute approximate surface area is 187 Å². The Balaban J connectivity index is 1.56. The predicted octanol–water partition coefficient (Wildman–Crippen LogP) is 2.20. The number of aliphatic hydroxyl groups is 1. The molecule has 3 aromatic rings. The number of aliphatic hydroxyl groups excluding tert-OH is 1. The molecule has 9 heteroatoms. The van der Waals surface area contributed by atoms with Gasteiger partial charge in [-0.25, -0.2) is 8.42 Å². The SMILES string of the molecule is Cc1c(S(=O)(=O)N2CC[C@@H](O)[C@@H](C)C2)cc(C(=O)NCc2cccc3ncccc23)n1C. The topological polar surface area (TPSA) is 105 Å². The van der Waals surface area contributed by atoms with Crippen molar-refractivity contribution in [2.75, 3.05) is 13.1 Å². The molecule has 4 rings (SSSR count). The molecule has 3 heterocycles. The summed E-state index contributed by atoms with van der Waals surface area (Å²) in [6, 6.07) is 11.0. The number of sulfonamides is 1. The Morgan fingerprint density at radius 3 is 2.81 bits per heavy atom. The van der Waals surface area contributed by atoms with E-state index in [1.165, 1.54) is 10.4 Å². The standard InChI is InChI=1S/C23H28N4O4S/c1-15-14-27(11-9-21(15)28)32(30,31)22-12-20(26(3)16(22)2)23(29)25-13-17-6-4-8-19-18(17)7-5-10-24-19/h4-8,10,12,15,21,28H,9,11,13-14H2,1-3H3,(H,25,29)/t15-,21+/m0/s1. The monoisotopic (exact) mass is 456 g/mol. The summed E-state index contributed by atoms with van der Waals surface area (Å²) in [5.74, 6) is -0.485. The largest absolute Gasteiger partial charge is 0.393 e. The lowest BCUT2D eigenvalue weighted by Crippen LogP contribution is -2.44. The number of amides is 1. The molecule has 1 aromatic carbocycles. The molecule has 1 fully saturated rings. The highest BCUT2D eigenvalue weighted by Gasteiger charge is 2.35. The maximum atomic E-state index is 13.3. The van der Waals surface area contributed by atoms with Gasteiger partial charge in [-0.05, 0) is 43.0 Å². The number of fused-ring (bicyclic) bond motifs is 1. The van der Waals surface area contributed by atoms with Gasteiger partial charge in [0, 0.05) is 44.0 Å². The first-order chi connectivity index (χ1) is 15.2. The molecular formula is C23H28N4O4S. The van der Waals surface area contributed by atoms with Crippen molar-refractivity contribution in [2.45, 2.75) is 37.8 Å². The number of hydrogen-bond acceptors (Lipinski definition) is 5. The zero-order chi connectivity index (χ0) is 23.0. The quantitative estimate of drug-likeness (QED) is 0.613. The minimum atomic E-state index is -3.77. The maximum Gasteiger partial charge on any atom is 0.268 e. The van der Waals surface area contributed by atoms with Gasteiger partial charge in [0.25, 0.3) is 5.91 Å². The van der Waals surface area contributed by atoms with Crippen molar-refractivity contribution < 1.29 is 18.3 Å². The van der Waals surface area contributed by atoms with Crippen LogP contribution in [0.25, 0.3) is 10.9 Å². The zero-order valence-corrected chi connectivity index (χ0v) is 19.3. The summed E-state index contributed by atoms with van der Waals surface area (Å²) >= 11 is 0. The summed E-state index contributed by atoms with van der Waals surface area (Å²) in [7, 11) is -2.08. The van der Waals surface area contributed by atoms with Crippen molar-refractivity contribution in [3.63, 3.8) is 0 Å². The molecule has 2 aromatic heterocycles. The third kappa shape index (κ3) is 4.03. The van der Waals surface area contributed by atoms with E-state index in [0.717, 1.165) is 16.5 Å². The summed E-state index contributed by atoms with van der Waals surface area (Å²) in [6.45, 7) is 4.36. The second-order valence-corrected chi connectivity index (χ2v) is 10.3. The number of piperidine rings is 1. The van der Waals surface area contributed by atoms with Gasteiger partial charge in [0.2, 0.25) is 10.0 Å².